The first-order valence-electron chi connectivity index (χ1n) is 5.47. The summed E-state index contributed by atoms with van der Waals surface area (Å²) in [4.78, 5) is 10.9. The molecule has 0 aliphatic rings. The van der Waals surface area contributed by atoms with Crippen molar-refractivity contribution in [3.05, 3.63) is 63.2 Å². The summed E-state index contributed by atoms with van der Waals surface area (Å²) < 4.78 is 1.14. The zero-order valence-electron chi connectivity index (χ0n) is 9.56. The molecule has 0 saturated carbocycles. The van der Waals surface area contributed by atoms with E-state index in [2.05, 4.69) is 27.9 Å². The van der Waals surface area contributed by atoms with E-state index in [1.807, 2.05) is 30.3 Å². The molecule has 0 bridgehead atoms. The first kappa shape index (κ1) is 12.9. The van der Waals surface area contributed by atoms with Crippen molar-refractivity contribution < 1.29 is 9.90 Å². The zero-order chi connectivity index (χ0) is 13.0. The first-order valence-corrected chi connectivity index (χ1v) is 6.55. The summed E-state index contributed by atoms with van der Waals surface area (Å²) >= 11 is 2.26. The van der Waals surface area contributed by atoms with Gasteiger partial charge in [-0.2, -0.15) is 0 Å². The van der Waals surface area contributed by atoms with Crippen molar-refractivity contribution in [1.29, 1.82) is 0 Å². The first-order chi connectivity index (χ1) is 8.66. The zero-order valence-corrected chi connectivity index (χ0v) is 11.7. The molecule has 2 N–H and O–H groups in total. The van der Waals surface area contributed by atoms with E-state index >= 15 is 0 Å². The van der Waals surface area contributed by atoms with E-state index < -0.39 is 5.97 Å². The van der Waals surface area contributed by atoms with Crippen molar-refractivity contribution in [2.45, 2.75) is 6.54 Å². The minimum atomic E-state index is -0.897. The Bertz CT molecular complexity index is 569. The van der Waals surface area contributed by atoms with Gasteiger partial charge in [-0.05, 0) is 52.4 Å². The van der Waals surface area contributed by atoms with E-state index in [1.54, 1.807) is 18.2 Å². The van der Waals surface area contributed by atoms with E-state index in [9.17, 15) is 4.79 Å². The molecule has 2 rings (SSSR count). The number of halogens is 1. The van der Waals surface area contributed by atoms with Crippen molar-refractivity contribution in [1.82, 2.24) is 0 Å². The predicted molar refractivity (Wildman–Crippen MR) is 79.9 cm³/mol. The molecule has 0 unspecified atom stereocenters. The van der Waals surface area contributed by atoms with Crippen LogP contribution in [0.15, 0.2) is 48.5 Å². The molecular weight excluding hydrogens is 341 g/mol. The second-order valence-electron chi connectivity index (χ2n) is 3.84. The second-order valence-corrected chi connectivity index (χ2v) is 5.00. The van der Waals surface area contributed by atoms with E-state index in [4.69, 9.17) is 5.11 Å². The van der Waals surface area contributed by atoms with Crippen LogP contribution < -0.4 is 5.32 Å². The maximum Gasteiger partial charge on any atom is 0.335 e. The Labute approximate surface area is 119 Å². The third-order valence-electron chi connectivity index (χ3n) is 2.53. The highest BCUT2D eigenvalue weighted by molar-refractivity contribution is 14.1. The monoisotopic (exact) mass is 353 g/mol. The van der Waals surface area contributed by atoms with Gasteiger partial charge < -0.3 is 10.4 Å². The van der Waals surface area contributed by atoms with Gasteiger partial charge in [-0.3, -0.25) is 0 Å². The van der Waals surface area contributed by atoms with Crippen molar-refractivity contribution in [3.8, 4) is 0 Å². The number of benzene rings is 2. The van der Waals surface area contributed by atoms with Gasteiger partial charge in [-0.1, -0.05) is 24.3 Å². The molecule has 0 aliphatic carbocycles. The van der Waals surface area contributed by atoms with E-state index in [0.29, 0.717) is 12.1 Å². The van der Waals surface area contributed by atoms with Crippen LogP contribution in [0.2, 0.25) is 0 Å². The molecule has 0 amide bonds. The van der Waals surface area contributed by atoms with Crippen LogP contribution in [0, 0.1) is 3.57 Å². The van der Waals surface area contributed by atoms with Gasteiger partial charge in [0.25, 0.3) is 0 Å². The van der Waals surface area contributed by atoms with E-state index in [1.165, 1.54) is 0 Å². The fourth-order valence-electron chi connectivity index (χ4n) is 1.62. The number of anilines is 1. The lowest BCUT2D eigenvalue weighted by atomic mass is 10.1. The fraction of sp³-hybridized carbons (Fsp3) is 0.0714. The Morgan fingerprint density at radius 3 is 2.67 bits per heavy atom. The predicted octanol–water partition coefficient (Wildman–Crippen LogP) is 3.60. The van der Waals surface area contributed by atoms with Crippen molar-refractivity contribution >= 4 is 34.2 Å². The largest absolute Gasteiger partial charge is 0.478 e. The van der Waals surface area contributed by atoms with E-state index in [0.717, 1.165) is 14.8 Å². The Hall–Kier alpha value is -1.56. The number of carboxylic acids is 1. The van der Waals surface area contributed by atoms with Gasteiger partial charge in [0.2, 0.25) is 0 Å². The average Bonchev–Trinajstić information content (AvgIpc) is 2.38. The quantitative estimate of drug-likeness (QED) is 0.826. The smallest absolute Gasteiger partial charge is 0.335 e. The van der Waals surface area contributed by atoms with Crippen LogP contribution >= 0.6 is 22.6 Å². The highest BCUT2D eigenvalue weighted by Gasteiger charge is 2.03. The average molecular weight is 353 g/mol. The maximum atomic E-state index is 10.9. The molecular formula is C14H12INO2. The van der Waals surface area contributed by atoms with Crippen LogP contribution in [0.5, 0.6) is 0 Å². The van der Waals surface area contributed by atoms with Crippen LogP contribution in [-0.4, -0.2) is 11.1 Å². The number of carbonyl (C=O) groups is 1. The Balaban J connectivity index is 2.09. The number of nitrogens with one attached hydrogen (secondary N) is 1. The highest BCUT2D eigenvalue weighted by atomic mass is 127. The molecule has 92 valence electrons. The molecule has 0 heterocycles. The molecule has 0 radical (unpaired) electrons. The summed E-state index contributed by atoms with van der Waals surface area (Å²) in [6.45, 7) is 0.612. The SMILES string of the molecule is O=C(O)c1cccc(CNc2ccccc2I)c1. The molecule has 0 spiro atoms. The minimum Gasteiger partial charge on any atom is -0.478 e. The Kier molecular flexibility index (Phi) is 4.19. The van der Waals surface area contributed by atoms with Gasteiger partial charge in [0.05, 0.1) is 5.56 Å². The maximum absolute atomic E-state index is 10.9. The molecule has 0 aromatic heterocycles. The van der Waals surface area contributed by atoms with Crippen molar-refractivity contribution in [2.24, 2.45) is 0 Å². The Morgan fingerprint density at radius 1 is 1.17 bits per heavy atom. The molecule has 0 atom stereocenters. The number of hydrogen-bond donors (Lipinski definition) is 2. The topological polar surface area (TPSA) is 49.3 Å². The lowest BCUT2D eigenvalue weighted by Gasteiger charge is -2.08. The summed E-state index contributed by atoms with van der Waals surface area (Å²) in [5, 5.41) is 12.2. The van der Waals surface area contributed by atoms with Crippen LogP contribution in [0.3, 0.4) is 0 Å². The van der Waals surface area contributed by atoms with Gasteiger partial charge in [-0.25, -0.2) is 4.79 Å². The summed E-state index contributed by atoms with van der Waals surface area (Å²) in [5.74, 6) is -0.897. The standard InChI is InChI=1S/C14H12INO2/c15-12-6-1-2-7-13(12)16-9-10-4-3-5-11(8-10)14(17)18/h1-8,16H,9H2,(H,17,18). The van der Waals surface area contributed by atoms with Gasteiger partial charge in [0.15, 0.2) is 0 Å². The van der Waals surface area contributed by atoms with Gasteiger partial charge in [0.1, 0.15) is 0 Å². The number of hydrogen-bond acceptors (Lipinski definition) is 2. The lowest BCUT2D eigenvalue weighted by Crippen LogP contribution is -2.03. The van der Waals surface area contributed by atoms with Crippen LogP contribution in [0.4, 0.5) is 5.69 Å². The summed E-state index contributed by atoms with van der Waals surface area (Å²) in [7, 11) is 0. The minimum absolute atomic E-state index is 0.317. The van der Waals surface area contributed by atoms with Crippen LogP contribution in [-0.2, 0) is 6.54 Å². The van der Waals surface area contributed by atoms with Crippen molar-refractivity contribution in [3.63, 3.8) is 0 Å². The lowest BCUT2D eigenvalue weighted by molar-refractivity contribution is 0.0697. The molecule has 0 saturated heterocycles. The number of rotatable bonds is 4. The molecule has 2 aromatic rings. The third kappa shape index (κ3) is 3.22. The number of para-hydroxylation sites is 1. The van der Waals surface area contributed by atoms with Crippen molar-refractivity contribution in [2.75, 3.05) is 5.32 Å². The Morgan fingerprint density at radius 2 is 1.94 bits per heavy atom. The van der Waals surface area contributed by atoms with Gasteiger partial charge in [0, 0.05) is 15.8 Å². The normalized spacial score (nSPS) is 10.1. The highest BCUT2D eigenvalue weighted by Crippen LogP contribution is 2.18. The molecule has 2 aromatic carbocycles. The molecule has 0 fully saturated rings. The molecule has 3 nitrogen and oxygen atoms in total. The molecule has 4 heteroatoms. The fourth-order valence-corrected chi connectivity index (χ4v) is 2.19. The number of carboxylic acid groups (broad SMARTS) is 1. The summed E-state index contributed by atoms with van der Waals surface area (Å²) in [6, 6.07) is 14.9. The summed E-state index contributed by atoms with van der Waals surface area (Å²) in [5.41, 5.74) is 2.32. The van der Waals surface area contributed by atoms with E-state index in [-0.39, 0.29) is 0 Å². The third-order valence-corrected chi connectivity index (χ3v) is 3.47. The summed E-state index contributed by atoms with van der Waals surface area (Å²) in [6.07, 6.45) is 0. The second kappa shape index (κ2) is 5.86. The number of aromatic carboxylic acids is 1. The molecule has 0 aliphatic heterocycles. The van der Waals surface area contributed by atoms with Gasteiger partial charge >= 0.3 is 5.97 Å². The van der Waals surface area contributed by atoms with Crippen LogP contribution in [0.1, 0.15) is 15.9 Å². The van der Waals surface area contributed by atoms with Gasteiger partial charge in [-0.15, -0.1) is 0 Å². The molecule has 18 heavy (non-hydrogen) atoms. The van der Waals surface area contributed by atoms with Crippen LogP contribution in [0.25, 0.3) is 0 Å².